The first-order chi connectivity index (χ1) is 17.5. The highest BCUT2D eigenvalue weighted by atomic mass is 16.5. The SMILES string of the molecule is CCN1CCN(c2ccc(NC(=O)c3ccc(OCc4cn5cccc(C)c5n4)cc3)c(C)c2)CC1. The molecule has 1 fully saturated rings. The molecular weight excluding hydrogens is 450 g/mol. The van der Waals surface area contributed by atoms with E-state index in [1.165, 1.54) is 5.69 Å². The molecule has 1 saturated heterocycles. The fraction of sp³-hybridized carbons (Fsp3) is 0.310. The molecule has 2 aromatic heterocycles. The van der Waals surface area contributed by atoms with Gasteiger partial charge < -0.3 is 24.3 Å². The Morgan fingerprint density at radius 3 is 2.47 bits per heavy atom. The van der Waals surface area contributed by atoms with E-state index in [1.807, 2.05) is 61.0 Å². The number of ether oxygens (including phenoxy) is 1. The van der Waals surface area contributed by atoms with E-state index >= 15 is 0 Å². The normalized spacial score (nSPS) is 14.2. The number of amides is 1. The van der Waals surface area contributed by atoms with E-state index in [9.17, 15) is 4.79 Å². The predicted molar refractivity (Wildman–Crippen MR) is 144 cm³/mol. The summed E-state index contributed by atoms with van der Waals surface area (Å²) in [5, 5.41) is 3.05. The van der Waals surface area contributed by atoms with Gasteiger partial charge in [0.05, 0.1) is 5.69 Å². The van der Waals surface area contributed by atoms with Gasteiger partial charge in [0.2, 0.25) is 0 Å². The first-order valence-electron chi connectivity index (χ1n) is 12.6. The summed E-state index contributed by atoms with van der Waals surface area (Å²) in [6.07, 6.45) is 3.96. The number of carbonyl (C=O) groups is 1. The summed E-state index contributed by atoms with van der Waals surface area (Å²) in [7, 11) is 0. The van der Waals surface area contributed by atoms with Crippen LogP contribution in [0.25, 0.3) is 5.65 Å². The van der Waals surface area contributed by atoms with Crippen molar-refractivity contribution in [3.05, 3.63) is 89.4 Å². The van der Waals surface area contributed by atoms with Gasteiger partial charge in [0.1, 0.15) is 18.0 Å². The van der Waals surface area contributed by atoms with Crippen LogP contribution in [0.3, 0.4) is 0 Å². The molecule has 7 heteroatoms. The topological polar surface area (TPSA) is 62.1 Å². The zero-order chi connectivity index (χ0) is 25.1. The van der Waals surface area contributed by atoms with Gasteiger partial charge >= 0.3 is 0 Å². The maximum absolute atomic E-state index is 12.9. The minimum atomic E-state index is -0.134. The maximum Gasteiger partial charge on any atom is 0.255 e. The zero-order valence-corrected chi connectivity index (χ0v) is 21.2. The molecule has 1 N–H and O–H groups in total. The number of nitrogens with one attached hydrogen (secondary N) is 1. The van der Waals surface area contributed by atoms with Crippen molar-refractivity contribution in [1.82, 2.24) is 14.3 Å². The third-order valence-corrected chi connectivity index (χ3v) is 6.87. The Kier molecular flexibility index (Phi) is 6.91. The molecule has 5 rings (SSSR count). The molecule has 0 bridgehead atoms. The molecule has 0 saturated carbocycles. The number of piperazine rings is 1. The highest BCUT2D eigenvalue weighted by Gasteiger charge is 2.17. The van der Waals surface area contributed by atoms with Crippen LogP contribution in [0.1, 0.15) is 34.1 Å². The Balaban J connectivity index is 1.18. The monoisotopic (exact) mass is 483 g/mol. The third-order valence-electron chi connectivity index (χ3n) is 6.87. The lowest BCUT2D eigenvalue weighted by molar-refractivity contribution is 0.102. The van der Waals surface area contributed by atoms with E-state index in [4.69, 9.17) is 4.74 Å². The predicted octanol–water partition coefficient (Wildman–Crippen LogP) is 4.92. The molecule has 0 unspecified atom stereocenters. The molecular formula is C29H33N5O2. The number of aromatic nitrogens is 2. The lowest BCUT2D eigenvalue weighted by atomic mass is 10.1. The van der Waals surface area contributed by atoms with Gasteiger partial charge in [-0.1, -0.05) is 13.0 Å². The van der Waals surface area contributed by atoms with Crippen LogP contribution >= 0.6 is 0 Å². The molecule has 1 amide bonds. The molecule has 36 heavy (non-hydrogen) atoms. The fourth-order valence-corrected chi connectivity index (χ4v) is 4.64. The van der Waals surface area contributed by atoms with Crippen LogP contribution in [0.5, 0.6) is 5.75 Å². The van der Waals surface area contributed by atoms with E-state index < -0.39 is 0 Å². The Hall–Kier alpha value is -3.84. The van der Waals surface area contributed by atoms with Gasteiger partial charge in [0.25, 0.3) is 5.91 Å². The third kappa shape index (κ3) is 5.21. The van der Waals surface area contributed by atoms with Gasteiger partial charge in [-0.3, -0.25) is 4.79 Å². The minimum Gasteiger partial charge on any atom is -0.487 e. The van der Waals surface area contributed by atoms with E-state index in [2.05, 4.69) is 39.2 Å². The summed E-state index contributed by atoms with van der Waals surface area (Å²) in [6.45, 7) is 12.0. The van der Waals surface area contributed by atoms with Crippen molar-refractivity contribution in [3.63, 3.8) is 0 Å². The fourth-order valence-electron chi connectivity index (χ4n) is 4.64. The van der Waals surface area contributed by atoms with Crippen LogP contribution in [0.2, 0.25) is 0 Å². The first kappa shape index (κ1) is 23.9. The van der Waals surface area contributed by atoms with Crippen molar-refractivity contribution >= 4 is 22.9 Å². The molecule has 7 nitrogen and oxygen atoms in total. The van der Waals surface area contributed by atoms with Crippen LogP contribution in [-0.4, -0.2) is 52.9 Å². The van der Waals surface area contributed by atoms with Gasteiger partial charge in [-0.15, -0.1) is 0 Å². The van der Waals surface area contributed by atoms with Crippen LogP contribution in [0.15, 0.2) is 67.0 Å². The molecule has 0 radical (unpaired) electrons. The summed E-state index contributed by atoms with van der Waals surface area (Å²) in [4.78, 5) is 22.4. The van der Waals surface area contributed by atoms with Gasteiger partial charge in [-0.2, -0.15) is 0 Å². The van der Waals surface area contributed by atoms with Crippen molar-refractivity contribution < 1.29 is 9.53 Å². The highest BCUT2D eigenvalue weighted by Crippen LogP contribution is 2.25. The minimum absolute atomic E-state index is 0.134. The molecule has 186 valence electrons. The van der Waals surface area contributed by atoms with Crippen molar-refractivity contribution in [3.8, 4) is 5.75 Å². The number of fused-ring (bicyclic) bond motifs is 1. The van der Waals surface area contributed by atoms with Crippen molar-refractivity contribution in [2.45, 2.75) is 27.4 Å². The number of anilines is 2. The number of benzene rings is 2. The quantitative estimate of drug-likeness (QED) is 0.404. The molecule has 1 aliphatic heterocycles. The van der Waals surface area contributed by atoms with Crippen LogP contribution in [-0.2, 0) is 6.61 Å². The zero-order valence-electron chi connectivity index (χ0n) is 21.2. The number of imidazole rings is 1. The van der Waals surface area contributed by atoms with Crippen LogP contribution in [0, 0.1) is 13.8 Å². The number of likely N-dealkylation sites (N-methyl/N-ethyl adjacent to an activating group) is 1. The second-order valence-electron chi connectivity index (χ2n) is 9.34. The number of hydrogen-bond donors (Lipinski definition) is 1. The molecule has 4 aromatic rings. The summed E-state index contributed by atoms with van der Waals surface area (Å²) in [5.74, 6) is 0.564. The molecule has 3 heterocycles. The lowest BCUT2D eigenvalue weighted by Gasteiger charge is -2.35. The largest absolute Gasteiger partial charge is 0.487 e. The maximum atomic E-state index is 12.9. The van der Waals surface area contributed by atoms with Crippen molar-refractivity contribution in [2.75, 3.05) is 42.9 Å². The van der Waals surface area contributed by atoms with E-state index in [0.29, 0.717) is 17.9 Å². The van der Waals surface area contributed by atoms with Gasteiger partial charge in [-0.05, 0) is 80.1 Å². The Morgan fingerprint density at radius 2 is 1.78 bits per heavy atom. The molecule has 1 aliphatic rings. The van der Waals surface area contributed by atoms with Crippen LogP contribution < -0.4 is 15.0 Å². The number of rotatable bonds is 7. The second kappa shape index (κ2) is 10.4. The van der Waals surface area contributed by atoms with Gasteiger partial charge in [0.15, 0.2) is 0 Å². The highest BCUT2D eigenvalue weighted by molar-refractivity contribution is 6.04. The molecule has 0 atom stereocenters. The molecule has 0 spiro atoms. The Bertz CT molecular complexity index is 1350. The molecule has 0 aliphatic carbocycles. The number of carbonyl (C=O) groups excluding carboxylic acids is 1. The summed E-state index contributed by atoms with van der Waals surface area (Å²) >= 11 is 0. The van der Waals surface area contributed by atoms with Gasteiger partial charge in [0, 0.05) is 55.5 Å². The van der Waals surface area contributed by atoms with E-state index in [0.717, 1.165) is 60.9 Å². The van der Waals surface area contributed by atoms with Crippen LogP contribution in [0.4, 0.5) is 11.4 Å². The number of pyridine rings is 1. The number of aryl methyl sites for hydroxylation is 2. The Labute approximate surface area is 212 Å². The summed E-state index contributed by atoms with van der Waals surface area (Å²) < 4.78 is 7.91. The van der Waals surface area contributed by atoms with Crippen molar-refractivity contribution in [2.24, 2.45) is 0 Å². The van der Waals surface area contributed by atoms with E-state index in [-0.39, 0.29) is 5.91 Å². The standard InChI is InChI=1S/C29H33N5O2/c1-4-32-14-16-33(17-15-32)25-9-12-27(22(3)18-25)31-29(35)23-7-10-26(11-8-23)36-20-24-19-34-13-5-6-21(2)28(34)30-24/h5-13,18-19H,4,14-17,20H2,1-3H3,(H,31,35). The summed E-state index contributed by atoms with van der Waals surface area (Å²) in [5.41, 5.74) is 6.61. The smallest absolute Gasteiger partial charge is 0.255 e. The second-order valence-corrected chi connectivity index (χ2v) is 9.34. The van der Waals surface area contributed by atoms with Crippen molar-refractivity contribution in [1.29, 1.82) is 0 Å². The molecule has 2 aromatic carbocycles. The first-order valence-corrected chi connectivity index (χ1v) is 12.6. The summed E-state index contributed by atoms with van der Waals surface area (Å²) in [6, 6.07) is 17.5. The average Bonchev–Trinajstić information content (AvgIpc) is 3.33. The lowest BCUT2D eigenvalue weighted by Crippen LogP contribution is -2.46. The Morgan fingerprint density at radius 1 is 1.00 bits per heavy atom. The van der Waals surface area contributed by atoms with E-state index in [1.54, 1.807) is 12.1 Å². The van der Waals surface area contributed by atoms with Gasteiger partial charge in [-0.25, -0.2) is 4.98 Å². The number of nitrogens with zero attached hydrogens (tertiary/aromatic N) is 4. The average molecular weight is 484 g/mol. The number of hydrogen-bond acceptors (Lipinski definition) is 5.